The molecule has 0 saturated carbocycles. The van der Waals surface area contributed by atoms with Gasteiger partial charge in [-0.1, -0.05) is 85.3 Å². The number of piperidine rings is 1. The smallest absolute Gasteiger partial charge is 0.251 e. The third-order valence-electron chi connectivity index (χ3n) is 6.22. The molecule has 0 radical (unpaired) electrons. The minimum atomic E-state index is -0.160. The molecule has 160 valence electrons. The predicted molar refractivity (Wildman–Crippen MR) is 124 cm³/mol. The summed E-state index contributed by atoms with van der Waals surface area (Å²) in [4.78, 5) is 15.5. The largest absolute Gasteiger partial charge is 0.394 e. The molecule has 1 saturated heterocycles. The fourth-order valence-corrected chi connectivity index (χ4v) is 4.68. The first kappa shape index (κ1) is 21.3. The van der Waals surface area contributed by atoms with Crippen LogP contribution < -0.4 is 5.32 Å². The molecule has 1 aliphatic rings. The van der Waals surface area contributed by atoms with Gasteiger partial charge in [0.1, 0.15) is 0 Å². The Kier molecular flexibility index (Phi) is 7.13. The van der Waals surface area contributed by atoms with Crippen LogP contribution in [0.2, 0.25) is 0 Å². The van der Waals surface area contributed by atoms with Crippen molar-refractivity contribution in [3.05, 3.63) is 108 Å². The molecule has 1 fully saturated rings. The molecular weight excluding hydrogens is 384 g/mol. The predicted octanol–water partition coefficient (Wildman–Crippen LogP) is 4.75. The molecule has 0 aliphatic carbocycles. The van der Waals surface area contributed by atoms with Gasteiger partial charge in [0, 0.05) is 11.6 Å². The van der Waals surface area contributed by atoms with E-state index >= 15 is 0 Å². The average Bonchev–Trinajstić information content (AvgIpc) is 2.85. The monoisotopic (exact) mass is 414 g/mol. The molecule has 2 N–H and O–H groups in total. The maximum absolute atomic E-state index is 13.1. The minimum Gasteiger partial charge on any atom is -0.394 e. The zero-order chi connectivity index (χ0) is 21.5. The normalized spacial score (nSPS) is 18.8. The highest BCUT2D eigenvalue weighted by Gasteiger charge is 2.36. The summed E-state index contributed by atoms with van der Waals surface area (Å²) in [6.07, 6.45) is 3.17. The molecule has 1 amide bonds. The van der Waals surface area contributed by atoms with Crippen molar-refractivity contribution in [2.75, 3.05) is 13.2 Å². The molecule has 3 aromatic carbocycles. The number of aliphatic hydroxyl groups is 1. The van der Waals surface area contributed by atoms with E-state index < -0.39 is 0 Å². The zero-order valence-corrected chi connectivity index (χ0v) is 17.7. The number of aliphatic hydroxyl groups excluding tert-OH is 1. The number of carbonyl (C=O) groups is 1. The van der Waals surface area contributed by atoms with Crippen LogP contribution in [-0.4, -0.2) is 35.1 Å². The summed E-state index contributed by atoms with van der Waals surface area (Å²) in [6.45, 7) is 0.948. The summed E-state index contributed by atoms with van der Waals surface area (Å²) in [7, 11) is 0. The van der Waals surface area contributed by atoms with Crippen LogP contribution >= 0.6 is 0 Å². The number of nitrogens with one attached hydrogen (secondary N) is 1. The maximum Gasteiger partial charge on any atom is 0.251 e. The van der Waals surface area contributed by atoms with Gasteiger partial charge in [0.25, 0.3) is 5.91 Å². The lowest BCUT2D eigenvalue weighted by Crippen LogP contribution is -2.50. The molecule has 3 atom stereocenters. The van der Waals surface area contributed by atoms with Crippen LogP contribution in [0, 0.1) is 0 Å². The summed E-state index contributed by atoms with van der Waals surface area (Å²) in [6, 6.07) is 29.6. The first-order chi connectivity index (χ1) is 15.3. The van der Waals surface area contributed by atoms with Gasteiger partial charge in [0.15, 0.2) is 0 Å². The molecular formula is C27H30N2O2. The number of likely N-dealkylation sites (tertiary alicyclic amines) is 1. The van der Waals surface area contributed by atoms with Gasteiger partial charge in [0.2, 0.25) is 0 Å². The molecule has 3 aromatic rings. The number of nitrogens with zero attached hydrogens (tertiary/aromatic N) is 1. The molecule has 4 heteroatoms. The van der Waals surface area contributed by atoms with Gasteiger partial charge in [-0.05, 0) is 42.6 Å². The molecule has 0 bridgehead atoms. The number of carbonyl (C=O) groups excluding carboxylic acids is 1. The lowest BCUT2D eigenvalue weighted by molar-refractivity contribution is 0.0363. The molecule has 0 spiro atoms. The van der Waals surface area contributed by atoms with E-state index in [0.717, 1.165) is 36.9 Å². The Balaban J connectivity index is 1.67. The lowest BCUT2D eigenvalue weighted by Gasteiger charge is -2.44. The number of benzene rings is 3. The first-order valence-electron chi connectivity index (χ1n) is 11.1. The zero-order valence-electron chi connectivity index (χ0n) is 17.7. The van der Waals surface area contributed by atoms with E-state index in [1.165, 1.54) is 0 Å². The third-order valence-corrected chi connectivity index (χ3v) is 6.22. The van der Waals surface area contributed by atoms with Gasteiger partial charge in [-0.3, -0.25) is 9.69 Å². The highest BCUT2D eigenvalue weighted by atomic mass is 16.3. The summed E-state index contributed by atoms with van der Waals surface area (Å²) in [5.41, 5.74) is 2.86. The topological polar surface area (TPSA) is 52.6 Å². The number of amides is 1. The van der Waals surface area contributed by atoms with Gasteiger partial charge < -0.3 is 10.4 Å². The minimum absolute atomic E-state index is 0.0503. The van der Waals surface area contributed by atoms with E-state index in [2.05, 4.69) is 34.5 Å². The molecule has 4 rings (SSSR count). The Hall–Kier alpha value is -2.95. The van der Waals surface area contributed by atoms with Crippen molar-refractivity contribution in [1.29, 1.82) is 0 Å². The lowest BCUT2D eigenvalue weighted by atomic mass is 9.88. The van der Waals surface area contributed by atoms with Crippen LogP contribution in [0.15, 0.2) is 91.0 Å². The Bertz CT molecular complexity index is 947. The maximum atomic E-state index is 13.1. The SMILES string of the molecule is O=C(N[C@H](c1ccccc1)[C@@H]1CCCCN1[C@@H](CO)c1ccccc1)c1ccccc1. The van der Waals surface area contributed by atoms with E-state index in [1.807, 2.05) is 66.7 Å². The Morgan fingerprint density at radius 3 is 2.06 bits per heavy atom. The van der Waals surface area contributed by atoms with Crippen LogP contribution in [0.25, 0.3) is 0 Å². The number of rotatable bonds is 7. The van der Waals surface area contributed by atoms with E-state index in [-0.39, 0.29) is 30.6 Å². The van der Waals surface area contributed by atoms with Crippen LogP contribution in [0.1, 0.15) is 52.8 Å². The second-order valence-corrected chi connectivity index (χ2v) is 8.14. The van der Waals surface area contributed by atoms with Crippen molar-refractivity contribution in [3.8, 4) is 0 Å². The van der Waals surface area contributed by atoms with Crippen molar-refractivity contribution in [2.45, 2.75) is 37.4 Å². The Labute approximate surface area is 184 Å². The van der Waals surface area contributed by atoms with Gasteiger partial charge in [-0.15, -0.1) is 0 Å². The van der Waals surface area contributed by atoms with Crippen LogP contribution in [0.5, 0.6) is 0 Å². The van der Waals surface area contributed by atoms with Gasteiger partial charge in [0.05, 0.1) is 18.7 Å². The van der Waals surface area contributed by atoms with E-state index in [9.17, 15) is 9.90 Å². The molecule has 1 aliphatic heterocycles. The van der Waals surface area contributed by atoms with Gasteiger partial charge in [-0.2, -0.15) is 0 Å². The van der Waals surface area contributed by atoms with E-state index in [1.54, 1.807) is 0 Å². The first-order valence-corrected chi connectivity index (χ1v) is 11.1. The summed E-state index contributed by atoms with van der Waals surface area (Å²) < 4.78 is 0. The standard InChI is InChI=1S/C27H30N2O2/c30-20-25(21-12-4-1-5-13-21)29-19-11-10-18-24(29)26(22-14-6-2-7-15-22)28-27(31)23-16-8-3-9-17-23/h1-9,12-17,24-26,30H,10-11,18-20H2,(H,28,31)/t24-,25-,26+/m0/s1. The summed E-state index contributed by atoms with van der Waals surface area (Å²) >= 11 is 0. The molecule has 31 heavy (non-hydrogen) atoms. The molecule has 0 unspecified atom stereocenters. The molecule has 4 nitrogen and oxygen atoms in total. The van der Waals surface area contributed by atoms with Crippen LogP contribution in [-0.2, 0) is 0 Å². The van der Waals surface area contributed by atoms with Gasteiger partial charge in [-0.25, -0.2) is 0 Å². The van der Waals surface area contributed by atoms with Gasteiger partial charge >= 0.3 is 0 Å². The Morgan fingerprint density at radius 2 is 1.45 bits per heavy atom. The van der Waals surface area contributed by atoms with Crippen molar-refractivity contribution >= 4 is 5.91 Å². The van der Waals surface area contributed by atoms with Crippen molar-refractivity contribution in [1.82, 2.24) is 10.2 Å². The Morgan fingerprint density at radius 1 is 0.871 bits per heavy atom. The van der Waals surface area contributed by atoms with Crippen LogP contribution in [0.3, 0.4) is 0 Å². The summed E-state index contributed by atoms with van der Waals surface area (Å²) in [5.74, 6) is -0.0692. The van der Waals surface area contributed by atoms with Crippen molar-refractivity contribution in [3.63, 3.8) is 0 Å². The third kappa shape index (κ3) is 5.04. The number of hydrogen-bond donors (Lipinski definition) is 2. The van der Waals surface area contributed by atoms with Crippen LogP contribution in [0.4, 0.5) is 0 Å². The average molecular weight is 415 g/mol. The highest BCUT2D eigenvalue weighted by Crippen LogP contribution is 2.35. The van der Waals surface area contributed by atoms with Crippen molar-refractivity contribution in [2.24, 2.45) is 0 Å². The fourth-order valence-electron chi connectivity index (χ4n) is 4.68. The van der Waals surface area contributed by atoms with E-state index in [4.69, 9.17) is 0 Å². The quantitative estimate of drug-likeness (QED) is 0.587. The van der Waals surface area contributed by atoms with E-state index in [0.29, 0.717) is 5.56 Å². The van der Waals surface area contributed by atoms with Crippen molar-refractivity contribution < 1.29 is 9.90 Å². The fraction of sp³-hybridized carbons (Fsp3) is 0.296. The number of hydrogen-bond acceptors (Lipinski definition) is 3. The molecule has 0 aromatic heterocycles. The molecule has 1 heterocycles. The summed E-state index contributed by atoms with van der Waals surface area (Å²) in [5, 5.41) is 13.7. The second-order valence-electron chi connectivity index (χ2n) is 8.14. The highest BCUT2D eigenvalue weighted by molar-refractivity contribution is 5.94. The second kappa shape index (κ2) is 10.4.